The molecule has 128 valence electrons. The highest BCUT2D eigenvalue weighted by Crippen LogP contribution is 2.40. The van der Waals surface area contributed by atoms with Gasteiger partial charge < -0.3 is 15.7 Å². The number of carbonyl (C=O) groups is 2. The molecule has 3 N–H and O–H groups in total. The van der Waals surface area contributed by atoms with Crippen molar-refractivity contribution in [3.05, 3.63) is 63.0 Å². The van der Waals surface area contributed by atoms with Crippen LogP contribution in [-0.2, 0) is 9.59 Å². The van der Waals surface area contributed by atoms with Gasteiger partial charge in [-0.1, -0.05) is 50.1 Å². The van der Waals surface area contributed by atoms with E-state index in [4.69, 9.17) is 0 Å². The Hall–Kier alpha value is -2.12. The molecule has 5 nitrogen and oxygen atoms in total. The molecule has 2 aromatic rings. The molecule has 1 atom stereocenters. The van der Waals surface area contributed by atoms with E-state index in [2.05, 4.69) is 42.5 Å². The molecule has 0 spiro atoms. The van der Waals surface area contributed by atoms with E-state index in [0.717, 1.165) is 14.5 Å². The number of amides is 1. The lowest BCUT2D eigenvalue weighted by Crippen LogP contribution is -2.33. The summed E-state index contributed by atoms with van der Waals surface area (Å²) in [5.41, 5.74) is 2.81. The molecule has 1 aliphatic heterocycles. The lowest BCUT2D eigenvalue weighted by Gasteiger charge is -2.27. The lowest BCUT2D eigenvalue weighted by molar-refractivity contribution is -0.137. The minimum atomic E-state index is -0.962. The number of para-hydroxylation sites is 1. The fourth-order valence-electron chi connectivity index (χ4n) is 2.71. The minimum Gasteiger partial charge on any atom is -0.480 e. The van der Waals surface area contributed by atoms with Crippen LogP contribution in [0.15, 0.2) is 57.5 Å². The van der Waals surface area contributed by atoms with Crippen LogP contribution in [0, 0.1) is 0 Å². The van der Waals surface area contributed by atoms with Gasteiger partial charge in [0.15, 0.2) is 0 Å². The maximum Gasteiger partial charge on any atom is 0.326 e. The summed E-state index contributed by atoms with van der Waals surface area (Å²) < 4.78 is 1.59. The van der Waals surface area contributed by atoms with Crippen molar-refractivity contribution < 1.29 is 14.7 Å². The Morgan fingerprint density at radius 3 is 2.60 bits per heavy atom. The van der Waals surface area contributed by atoms with Crippen LogP contribution >= 0.6 is 31.9 Å². The van der Waals surface area contributed by atoms with E-state index >= 15 is 0 Å². The van der Waals surface area contributed by atoms with Crippen LogP contribution in [0.4, 0.5) is 11.4 Å². The normalized spacial score (nSPS) is 17.5. The third-order valence-corrected chi connectivity index (χ3v) is 4.86. The van der Waals surface area contributed by atoms with Crippen LogP contribution in [-0.4, -0.2) is 23.0 Å². The largest absolute Gasteiger partial charge is 0.480 e. The molecule has 1 unspecified atom stereocenters. The average Bonchev–Trinajstić information content (AvgIpc) is 2.54. The fourth-order valence-corrected chi connectivity index (χ4v) is 4.19. The van der Waals surface area contributed by atoms with E-state index in [1.807, 2.05) is 24.3 Å². The molecule has 2 aromatic carbocycles. The number of nitrogens with one attached hydrogen (secondary N) is 2. The zero-order chi connectivity index (χ0) is 18.0. The highest BCUT2D eigenvalue weighted by Gasteiger charge is 2.29. The van der Waals surface area contributed by atoms with Crippen molar-refractivity contribution in [3.8, 4) is 0 Å². The predicted octanol–water partition coefficient (Wildman–Crippen LogP) is 4.50. The molecule has 3 rings (SSSR count). The number of hydrogen-bond donors (Lipinski definition) is 3. The van der Waals surface area contributed by atoms with Crippen molar-refractivity contribution in [2.75, 3.05) is 10.6 Å². The van der Waals surface area contributed by atoms with Gasteiger partial charge in [-0.25, -0.2) is 4.79 Å². The number of carboxylic acid groups (broad SMARTS) is 1. The van der Waals surface area contributed by atoms with E-state index in [0.29, 0.717) is 16.9 Å². The van der Waals surface area contributed by atoms with Crippen LogP contribution in [0.3, 0.4) is 0 Å². The number of aliphatic carboxylic acids is 1. The van der Waals surface area contributed by atoms with Gasteiger partial charge >= 0.3 is 5.97 Å². The van der Waals surface area contributed by atoms with Crippen LogP contribution in [0.5, 0.6) is 0 Å². The highest BCUT2D eigenvalue weighted by atomic mass is 79.9. The summed E-state index contributed by atoms with van der Waals surface area (Å²) in [6, 6.07) is 12.0. The van der Waals surface area contributed by atoms with Crippen molar-refractivity contribution in [2.45, 2.75) is 12.5 Å². The van der Waals surface area contributed by atoms with Crippen LogP contribution in [0.2, 0.25) is 0 Å². The molecule has 1 amide bonds. The highest BCUT2D eigenvalue weighted by molar-refractivity contribution is 9.11. The molecule has 0 bridgehead atoms. The molecule has 0 radical (unpaired) electrons. The van der Waals surface area contributed by atoms with Gasteiger partial charge in [-0.3, -0.25) is 4.79 Å². The minimum absolute atomic E-state index is 0.213. The van der Waals surface area contributed by atoms with Crippen LogP contribution in [0.25, 0.3) is 5.57 Å². The van der Waals surface area contributed by atoms with E-state index in [1.54, 1.807) is 18.2 Å². The second-order valence-corrected chi connectivity index (χ2v) is 7.34. The van der Waals surface area contributed by atoms with E-state index in [-0.39, 0.29) is 12.3 Å². The number of carbonyl (C=O) groups excluding carboxylic acids is 1. The first-order chi connectivity index (χ1) is 11.9. The van der Waals surface area contributed by atoms with Gasteiger partial charge in [0.1, 0.15) is 6.04 Å². The van der Waals surface area contributed by atoms with E-state index in [1.165, 1.54) is 6.08 Å². The molecule has 0 aliphatic carbocycles. The van der Waals surface area contributed by atoms with E-state index < -0.39 is 12.0 Å². The molecular weight excluding hydrogens is 452 g/mol. The van der Waals surface area contributed by atoms with Crippen LogP contribution in [0.1, 0.15) is 12.0 Å². The van der Waals surface area contributed by atoms with Crippen molar-refractivity contribution >= 4 is 60.7 Å². The van der Waals surface area contributed by atoms with Gasteiger partial charge in [-0.15, -0.1) is 0 Å². The lowest BCUT2D eigenvalue weighted by atomic mass is 9.92. The third kappa shape index (κ3) is 4.11. The average molecular weight is 466 g/mol. The van der Waals surface area contributed by atoms with Crippen molar-refractivity contribution in [2.24, 2.45) is 0 Å². The number of halogens is 2. The zero-order valence-corrected chi connectivity index (χ0v) is 16.1. The monoisotopic (exact) mass is 464 g/mol. The summed E-state index contributed by atoms with van der Waals surface area (Å²) in [6.07, 6.45) is 1.67. The Bertz CT molecular complexity index is 866. The first-order valence-corrected chi connectivity index (χ1v) is 9.08. The summed E-state index contributed by atoms with van der Waals surface area (Å²) in [5.74, 6) is -1.26. The Kier molecular flexibility index (Phi) is 5.24. The van der Waals surface area contributed by atoms with Gasteiger partial charge in [-0.2, -0.15) is 0 Å². The molecule has 0 saturated heterocycles. The Morgan fingerprint density at radius 2 is 1.92 bits per heavy atom. The topological polar surface area (TPSA) is 78.4 Å². The molecule has 0 fully saturated rings. The molecule has 0 aromatic heterocycles. The quantitative estimate of drug-likeness (QED) is 0.583. The zero-order valence-electron chi connectivity index (χ0n) is 12.9. The first kappa shape index (κ1) is 17.7. The number of carboxylic acids is 1. The maximum absolute atomic E-state index is 12.4. The van der Waals surface area contributed by atoms with Gasteiger partial charge in [-0.05, 0) is 29.8 Å². The summed E-state index contributed by atoms with van der Waals surface area (Å²) in [6.45, 7) is 0. The molecule has 25 heavy (non-hydrogen) atoms. The fraction of sp³-hybridized carbons (Fsp3) is 0.111. The van der Waals surface area contributed by atoms with Gasteiger partial charge in [0.25, 0.3) is 0 Å². The van der Waals surface area contributed by atoms with Gasteiger partial charge in [0, 0.05) is 38.4 Å². The number of anilines is 2. The molecule has 1 heterocycles. The summed E-state index contributed by atoms with van der Waals surface area (Å²) >= 11 is 6.89. The summed E-state index contributed by atoms with van der Waals surface area (Å²) in [5, 5.41) is 15.2. The van der Waals surface area contributed by atoms with Crippen molar-refractivity contribution in [3.63, 3.8) is 0 Å². The first-order valence-electron chi connectivity index (χ1n) is 7.49. The standard InChI is InChI=1S/C18H14Br2N2O3/c19-11-8-13(20)17-10(6-15(18(24)25)22-14(17)9-11)7-16(23)21-12-4-2-1-3-5-12/h1-5,7-9,15,22H,6H2,(H,21,23)(H,24,25). The Labute approximate surface area is 161 Å². The second kappa shape index (κ2) is 7.41. The van der Waals surface area contributed by atoms with E-state index in [9.17, 15) is 14.7 Å². The summed E-state index contributed by atoms with van der Waals surface area (Å²) in [7, 11) is 0. The molecule has 1 aliphatic rings. The predicted molar refractivity (Wildman–Crippen MR) is 105 cm³/mol. The third-order valence-electron chi connectivity index (χ3n) is 3.77. The number of hydrogen-bond acceptors (Lipinski definition) is 3. The van der Waals surface area contributed by atoms with Crippen molar-refractivity contribution in [1.82, 2.24) is 0 Å². The summed E-state index contributed by atoms with van der Waals surface area (Å²) in [4.78, 5) is 23.8. The number of fused-ring (bicyclic) bond motifs is 1. The Balaban J connectivity index is 1.97. The molecule has 0 saturated carbocycles. The van der Waals surface area contributed by atoms with Crippen molar-refractivity contribution in [1.29, 1.82) is 0 Å². The molecular formula is C18H14Br2N2O3. The van der Waals surface area contributed by atoms with Crippen LogP contribution < -0.4 is 10.6 Å². The SMILES string of the molecule is O=C(C=C1CC(C(=O)O)Nc2cc(Br)cc(Br)c21)Nc1ccccc1. The number of rotatable bonds is 3. The van der Waals surface area contributed by atoms with Gasteiger partial charge in [0.05, 0.1) is 0 Å². The maximum atomic E-state index is 12.4. The molecule has 7 heteroatoms. The smallest absolute Gasteiger partial charge is 0.326 e. The van der Waals surface area contributed by atoms with Gasteiger partial charge in [0.2, 0.25) is 5.91 Å². The Morgan fingerprint density at radius 1 is 1.20 bits per heavy atom. The number of benzene rings is 2. The second-order valence-electron chi connectivity index (χ2n) is 5.57.